The van der Waals surface area contributed by atoms with E-state index in [-0.39, 0.29) is 5.41 Å². The van der Waals surface area contributed by atoms with Crippen LogP contribution in [0.4, 0.5) is 0 Å². The molecule has 15 heavy (non-hydrogen) atoms. The molecule has 1 rings (SSSR count). The van der Waals surface area contributed by atoms with E-state index in [9.17, 15) is 0 Å². The lowest BCUT2D eigenvalue weighted by Crippen LogP contribution is -2.21. The number of rotatable bonds is 3. The SMILES string of the molecule is Cc1ccc(Cl)c(C(C)(C)CC(C)Br)c1. The molecular formula is C13H18BrCl. The van der Waals surface area contributed by atoms with Gasteiger partial charge in [-0.25, -0.2) is 0 Å². The van der Waals surface area contributed by atoms with Gasteiger partial charge in [0.1, 0.15) is 0 Å². The fourth-order valence-corrected chi connectivity index (χ4v) is 3.15. The summed E-state index contributed by atoms with van der Waals surface area (Å²) in [6.45, 7) is 8.76. The second-order valence-electron chi connectivity index (χ2n) is 4.85. The monoisotopic (exact) mass is 288 g/mol. The summed E-state index contributed by atoms with van der Waals surface area (Å²) in [7, 11) is 0. The molecule has 0 aliphatic heterocycles. The zero-order valence-corrected chi connectivity index (χ0v) is 12.1. The molecule has 1 atom stereocenters. The van der Waals surface area contributed by atoms with Crippen LogP contribution in [0, 0.1) is 6.92 Å². The van der Waals surface area contributed by atoms with E-state index in [2.05, 4.69) is 55.8 Å². The number of hydrogen-bond acceptors (Lipinski definition) is 0. The smallest absolute Gasteiger partial charge is 0.0443 e. The molecule has 1 unspecified atom stereocenters. The summed E-state index contributed by atoms with van der Waals surface area (Å²) in [5.74, 6) is 0. The van der Waals surface area contributed by atoms with Crippen molar-refractivity contribution < 1.29 is 0 Å². The van der Waals surface area contributed by atoms with Crippen LogP contribution in [0.3, 0.4) is 0 Å². The Morgan fingerprint density at radius 2 is 2.00 bits per heavy atom. The summed E-state index contributed by atoms with van der Waals surface area (Å²) < 4.78 is 0. The Morgan fingerprint density at radius 3 is 2.53 bits per heavy atom. The van der Waals surface area contributed by atoms with Crippen LogP contribution in [-0.4, -0.2) is 4.83 Å². The minimum Gasteiger partial charge on any atom is -0.0893 e. The van der Waals surface area contributed by atoms with Crippen molar-refractivity contribution in [2.24, 2.45) is 0 Å². The van der Waals surface area contributed by atoms with Gasteiger partial charge in [-0.05, 0) is 30.4 Å². The molecule has 0 nitrogen and oxygen atoms in total. The van der Waals surface area contributed by atoms with Gasteiger partial charge in [-0.2, -0.15) is 0 Å². The van der Waals surface area contributed by atoms with Crippen LogP contribution in [-0.2, 0) is 5.41 Å². The average molecular weight is 290 g/mol. The van der Waals surface area contributed by atoms with Gasteiger partial charge in [0.15, 0.2) is 0 Å². The van der Waals surface area contributed by atoms with Crippen molar-refractivity contribution in [3.63, 3.8) is 0 Å². The third-order valence-electron chi connectivity index (χ3n) is 2.64. The standard InChI is InChI=1S/C13H18BrCl/c1-9-5-6-12(15)11(7-9)13(3,4)8-10(2)14/h5-7,10H,8H2,1-4H3. The summed E-state index contributed by atoms with van der Waals surface area (Å²) in [5, 5.41) is 0.874. The molecule has 0 fully saturated rings. The molecule has 0 spiro atoms. The molecule has 0 heterocycles. The number of halogens is 2. The van der Waals surface area contributed by atoms with Crippen molar-refractivity contribution >= 4 is 27.5 Å². The lowest BCUT2D eigenvalue weighted by atomic mass is 9.80. The van der Waals surface area contributed by atoms with Gasteiger partial charge in [-0.1, -0.05) is 66.0 Å². The molecule has 0 aliphatic carbocycles. The normalized spacial score (nSPS) is 14.0. The highest BCUT2D eigenvalue weighted by Gasteiger charge is 2.24. The van der Waals surface area contributed by atoms with E-state index in [0.29, 0.717) is 4.83 Å². The molecule has 2 heteroatoms. The molecule has 0 aliphatic rings. The van der Waals surface area contributed by atoms with Crippen LogP contribution in [0.15, 0.2) is 18.2 Å². The van der Waals surface area contributed by atoms with Crippen molar-refractivity contribution in [2.45, 2.75) is 44.4 Å². The topological polar surface area (TPSA) is 0 Å². The van der Waals surface area contributed by atoms with E-state index in [1.165, 1.54) is 11.1 Å². The van der Waals surface area contributed by atoms with Gasteiger partial charge in [0.2, 0.25) is 0 Å². The second-order valence-corrected chi connectivity index (χ2v) is 6.82. The molecule has 0 N–H and O–H groups in total. The van der Waals surface area contributed by atoms with Crippen molar-refractivity contribution in [3.05, 3.63) is 34.3 Å². The molecule has 0 amide bonds. The molecule has 0 saturated heterocycles. The molecule has 84 valence electrons. The Kier molecular flexibility index (Phi) is 4.25. The quantitative estimate of drug-likeness (QED) is 0.679. The van der Waals surface area contributed by atoms with Crippen molar-refractivity contribution in [3.8, 4) is 0 Å². The van der Waals surface area contributed by atoms with Gasteiger partial charge in [0, 0.05) is 9.85 Å². The minimum absolute atomic E-state index is 0.117. The van der Waals surface area contributed by atoms with Gasteiger partial charge in [-0.15, -0.1) is 0 Å². The van der Waals surface area contributed by atoms with E-state index in [1.54, 1.807) is 0 Å². The molecule has 0 aromatic heterocycles. The van der Waals surface area contributed by atoms with Gasteiger partial charge in [-0.3, -0.25) is 0 Å². The average Bonchev–Trinajstić information content (AvgIpc) is 2.06. The molecular weight excluding hydrogens is 272 g/mol. The summed E-state index contributed by atoms with van der Waals surface area (Å²) in [6, 6.07) is 6.24. The third kappa shape index (κ3) is 3.49. The Morgan fingerprint density at radius 1 is 1.40 bits per heavy atom. The fraction of sp³-hybridized carbons (Fsp3) is 0.538. The Bertz CT molecular complexity index is 342. The van der Waals surface area contributed by atoms with Gasteiger partial charge >= 0.3 is 0 Å². The van der Waals surface area contributed by atoms with Crippen LogP contribution in [0.1, 0.15) is 38.3 Å². The first-order chi connectivity index (χ1) is 6.83. The summed E-state index contributed by atoms with van der Waals surface area (Å²) in [5.41, 5.74) is 2.63. The Labute approximate surface area is 106 Å². The van der Waals surface area contributed by atoms with Gasteiger partial charge in [0.05, 0.1) is 0 Å². The van der Waals surface area contributed by atoms with E-state index < -0.39 is 0 Å². The van der Waals surface area contributed by atoms with Gasteiger partial charge in [0.25, 0.3) is 0 Å². The molecule has 0 saturated carbocycles. The summed E-state index contributed by atoms with van der Waals surface area (Å²) >= 11 is 9.86. The number of hydrogen-bond donors (Lipinski definition) is 0. The maximum Gasteiger partial charge on any atom is 0.0443 e. The third-order valence-corrected chi connectivity index (χ3v) is 3.30. The van der Waals surface area contributed by atoms with Crippen LogP contribution < -0.4 is 0 Å². The Balaban J connectivity index is 3.08. The minimum atomic E-state index is 0.117. The van der Waals surface area contributed by atoms with E-state index >= 15 is 0 Å². The van der Waals surface area contributed by atoms with Crippen molar-refractivity contribution in [1.82, 2.24) is 0 Å². The van der Waals surface area contributed by atoms with Crippen LogP contribution >= 0.6 is 27.5 Å². The summed E-state index contributed by atoms with van der Waals surface area (Å²) in [4.78, 5) is 0.504. The highest BCUT2D eigenvalue weighted by molar-refractivity contribution is 9.09. The maximum atomic E-state index is 6.25. The van der Waals surface area contributed by atoms with Crippen LogP contribution in [0.25, 0.3) is 0 Å². The van der Waals surface area contributed by atoms with Crippen molar-refractivity contribution in [1.29, 1.82) is 0 Å². The van der Waals surface area contributed by atoms with Crippen LogP contribution in [0.2, 0.25) is 5.02 Å². The number of aryl methyl sites for hydroxylation is 1. The predicted octanol–water partition coefficient (Wildman–Crippen LogP) is 5.10. The number of alkyl halides is 1. The fourth-order valence-electron chi connectivity index (χ4n) is 1.97. The maximum absolute atomic E-state index is 6.25. The van der Waals surface area contributed by atoms with Crippen LogP contribution in [0.5, 0.6) is 0 Å². The first-order valence-electron chi connectivity index (χ1n) is 5.23. The second kappa shape index (κ2) is 4.88. The molecule has 0 bridgehead atoms. The number of benzene rings is 1. The molecule has 1 aromatic carbocycles. The largest absolute Gasteiger partial charge is 0.0893 e. The highest BCUT2D eigenvalue weighted by Crippen LogP contribution is 2.35. The highest BCUT2D eigenvalue weighted by atomic mass is 79.9. The van der Waals surface area contributed by atoms with Crippen molar-refractivity contribution in [2.75, 3.05) is 0 Å². The lowest BCUT2D eigenvalue weighted by Gasteiger charge is -2.28. The lowest BCUT2D eigenvalue weighted by molar-refractivity contribution is 0.482. The zero-order chi connectivity index (χ0) is 11.6. The zero-order valence-electron chi connectivity index (χ0n) is 9.77. The summed E-state index contributed by atoms with van der Waals surface area (Å²) in [6.07, 6.45) is 1.08. The molecule has 0 radical (unpaired) electrons. The Hall–Kier alpha value is -0.0100. The van der Waals surface area contributed by atoms with E-state index in [1.807, 2.05) is 6.07 Å². The predicted molar refractivity (Wildman–Crippen MR) is 72.2 cm³/mol. The first kappa shape index (κ1) is 13.1. The molecule has 1 aromatic rings. The van der Waals surface area contributed by atoms with E-state index in [0.717, 1.165) is 11.4 Å². The van der Waals surface area contributed by atoms with E-state index in [4.69, 9.17) is 11.6 Å². The first-order valence-corrected chi connectivity index (χ1v) is 6.53. The van der Waals surface area contributed by atoms with Gasteiger partial charge < -0.3 is 0 Å².